The van der Waals surface area contributed by atoms with Crippen LogP contribution in [0.25, 0.3) is 0 Å². The van der Waals surface area contributed by atoms with Gasteiger partial charge in [0.25, 0.3) is 0 Å². The lowest BCUT2D eigenvalue weighted by Crippen LogP contribution is -2.41. The van der Waals surface area contributed by atoms with E-state index >= 15 is 0 Å². The van der Waals surface area contributed by atoms with Crippen LogP contribution in [-0.4, -0.2) is 30.9 Å². The minimum Gasteiger partial charge on any atom is -0.345 e. The molecule has 2 saturated carbocycles. The third-order valence-electron chi connectivity index (χ3n) is 5.06. The summed E-state index contributed by atoms with van der Waals surface area (Å²) in [5.41, 5.74) is 6.07. The van der Waals surface area contributed by atoms with Crippen molar-refractivity contribution < 1.29 is 4.79 Å². The topological polar surface area (TPSA) is 46.3 Å². The Kier molecular flexibility index (Phi) is 4.66. The van der Waals surface area contributed by atoms with Crippen LogP contribution >= 0.6 is 0 Å². The maximum Gasteiger partial charge on any atom is 0.222 e. The van der Waals surface area contributed by atoms with Crippen molar-refractivity contribution in [2.45, 2.75) is 57.8 Å². The first-order chi connectivity index (χ1) is 8.65. The number of carbonyl (C=O) groups is 1. The van der Waals surface area contributed by atoms with Crippen molar-refractivity contribution in [1.82, 2.24) is 4.90 Å². The predicted molar refractivity (Wildman–Crippen MR) is 74.2 cm³/mol. The SMILES string of the molecule is CN(CC1CCC1)C(=O)CC1(CN)CCCCC1. The van der Waals surface area contributed by atoms with Crippen LogP contribution in [0.2, 0.25) is 0 Å². The smallest absolute Gasteiger partial charge is 0.222 e. The van der Waals surface area contributed by atoms with Gasteiger partial charge in [0.1, 0.15) is 0 Å². The summed E-state index contributed by atoms with van der Waals surface area (Å²) in [7, 11) is 1.97. The first kappa shape index (κ1) is 13.9. The molecule has 0 aliphatic heterocycles. The third-order valence-corrected chi connectivity index (χ3v) is 5.06. The highest BCUT2D eigenvalue weighted by Gasteiger charge is 2.34. The Morgan fingerprint density at radius 1 is 1.22 bits per heavy atom. The van der Waals surface area contributed by atoms with Crippen molar-refractivity contribution in [3.8, 4) is 0 Å². The van der Waals surface area contributed by atoms with Gasteiger partial charge < -0.3 is 10.6 Å². The molecule has 0 spiro atoms. The summed E-state index contributed by atoms with van der Waals surface area (Å²) in [6.07, 6.45) is 10.7. The molecule has 3 nitrogen and oxygen atoms in total. The summed E-state index contributed by atoms with van der Waals surface area (Å²) >= 11 is 0. The lowest BCUT2D eigenvalue weighted by molar-refractivity contribution is -0.133. The van der Waals surface area contributed by atoms with Crippen LogP contribution in [0.5, 0.6) is 0 Å². The van der Waals surface area contributed by atoms with Gasteiger partial charge in [0.15, 0.2) is 0 Å². The number of hydrogen-bond acceptors (Lipinski definition) is 2. The molecule has 2 aliphatic rings. The fourth-order valence-electron chi connectivity index (χ4n) is 3.38. The fraction of sp³-hybridized carbons (Fsp3) is 0.933. The van der Waals surface area contributed by atoms with Crippen molar-refractivity contribution in [3.05, 3.63) is 0 Å². The van der Waals surface area contributed by atoms with E-state index in [-0.39, 0.29) is 5.41 Å². The van der Waals surface area contributed by atoms with E-state index in [1.54, 1.807) is 0 Å². The zero-order valence-electron chi connectivity index (χ0n) is 11.8. The molecule has 2 fully saturated rings. The van der Waals surface area contributed by atoms with E-state index in [0.717, 1.165) is 25.3 Å². The fourth-order valence-corrected chi connectivity index (χ4v) is 3.38. The van der Waals surface area contributed by atoms with E-state index in [4.69, 9.17) is 5.73 Å². The molecule has 0 aromatic heterocycles. The minimum atomic E-state index is 0.114. The second-order valence-electron chi connectivity index (χ2n) is 6.51. The number of nitrogens with two attached hydrogens (primary N) is 1. The third kappa shape index (κ3) is 3.25. The molecule has 0 radical (unpaired) electrons. The summed E-state index contributed by atoms with van der Waals surface area (Å²) in [5.74, 6) is 1.08. The highest BCUT2D eigenvalue weighted by atomic mass is 16.2. The maximum absolute atomic E-state index is 12.3. The molecular weight excluding hydrogens is 224 g/mol. The van der Waals surface area contributed by atoms with Gasteiger partial charge in [-0.15, -0.1) is 0 Å². The molecule has 0 saturated heterocycles. The van der Waals surface area contributed by atoms with E-state index in [2.05, 4.69) is 0 Å². The molecule has 0 bridgehead atoms. The first-order valence-corrected chi connectivity index (χ1v) is 7.59. The van der Waals surface area contributed by atoms with Crippen LogP contribution in [0.4, 0.5) is 0 Å². The monoisotopic (exact) mass is 252 g/mol. The van der Waals surface area contributed by atoms with Crippen LogP contribution < -0.4 is 5.73 Å². The van der Waals surface area contributed by atoms with Crippen LogP contribution in [-0.2, 0) is 4.79 Å². The molecule has 2 rings (SSSR count). The Morgan fingerprint density at radius 3 is 2.39 bits per heavy atom. The minimum absolute atomic E-state index is 0.114. The molecule has 2 N–H and O–H groups in total. The zero-order valence-corrected chi connectivity index (χ0v) is 11.8. The average Bonchev–Trinajstić information content (AvgIpc) is 2.34. The van der Waals surface area contributed by atoms with Gasteiger partial charge in [0, 0.05) is 20.0 Å². The maximum atomic E-state index is 12.3. The van der Waals surface area contributed by atoms with Crippen LogP contribution in [0.1, 0.15) is 57.8 Å². The summed E-state index contributed by atoms with van der Waals surface area (Å²) < 4.78 is 0. The Labute approximate surface area is 111 Å². The summed E-state index contributed by atoms with van der Waals surface area (Å²) in [6.45, 7) is 1.63. The molecule has 0 heterocycles. The molecule has 0 aromatic carbocycles. The molecular formula is C15H28N2O. The molecule has 2 aliphatic carbocycles. The van der Waals surface area contributed by atoms with Crippen LogP contribution in [0.15, 0.2) is 0 Å². The summed E-state index contributed by atoms with van der Waals surface area (Å²) in [4.78, 5) is 14.3. The lowest BCUT2D eigenvalue weighted by Gasteiger charge is -2.38. The standard InChI is InChI=1S/C15H28N2O/c1-17(11-13-6-5-7-13)14(18)10-15(12-16)8-3-2-4-9-15/h13H,2-12,16H2,1H3. The van der Waals surface area contributed by atoms with E-state index in [1.165, 1.54) is 38.5 Å². The summed E-state index contributed by atoms with van der Waals surface area (Å²) in [5, 5.41) is 0. The molecule has 0 aromatic rings. The second kappa shape index (κ2) is 6.05. The van der Waals surface area contributed by atoms with Crippen LogP contribution in [0.3, 0.4) is 0 Å². The van der Waals surface area contributed by atoms with Crippen molar-refractivity contribution in [1.29, 1.82) is 0 Å². The van der Waals surface area contributed by atoms with E-state index < -0.39 is 0 Å². The number of amides is 1. The van der Waals surface area contributed by atoms with E-state index in [1.807, 2.05) is 11.9 Å². The van der Waals surface area contributed by atoms with Crippen molar-refractivity contribution in [3.63, 3.8) is 0 Å². The second-order valence-corrected chi connectivity index (χ2v) is 6.51. The van der Waals surface area contributed by atoms with E-state index in [0.29, 0.717) is 18.9 Å². The molecule has 0 atom stereocenters. The average molecular weight is 252 g/mol. The zero-order chi connectivity index (χ0) is 13.0. The van der Waals surface area contributed by atoms with Crippen LogP contribution in [0, 0.1) is 11.3 Å². The van der Waals surface area contributed by atoms with Gasteiger partial charge in [-0.1, -0.05) is 25.7 Å². The normalized spacial score (nSPS) is 23.4. The number of rotatable bonds is 5. The van der Waals surface area contributed by atoms with Crippen molar-refractivity contribution >= 4 is 5.91 Å². The number of hydrogen-bond donors (Lipinski definition) is 1. The predicted octanol–water partition coefficient (Wildman–Crippen LogP) is 2.54. The van der Waals surface area contributed by atoms with Gasteiger partial charge in [0.2, 0.25) is 5.91 Å². The van der Waals surface area contributed by atoms with Gasteiger partial charge in [0.05, 0.1) is 0 Å². The Bertz CT molecular complexity index is 280. The van der Waals surface area contributed by atoms with Gasteiger partial charge in [-0.25, -0.2) is 0 Å². The Balaban J connectivity index is 1.83. The number of carbonyl (C=O) groups excluding carboxylic acids is 1. The van der Waals surface area contributed by atoms with Gasteiger partial charge in [-0.05, 0) is 43.6 Å². The van der Waals surface area contributed by atoms with Gasteiger partial charge in [-0.3, -0.25) is 4.79 Å². The van der Waals surface area contributed by atoms with Gasteiger partial charge >= 0.3 is 0 Å². The van der Waals surface area contributed by atoms with E-state index in [9.17, 15) is 4.79 Å². The number of nitrogens with zero attached hydrogens (tertiary/aromatic N) is 1. The molecule has 104 valence electrons. The highest BCUT2D eigenvalue weighted by Crippen LogP contribution is 2.39. The first-order valence-electron chi connectivity index (χ1n) is 7.59. The largest absolute Gasteiger partial charge is 0.345 e. The van der Waals surface area contributed by atoms with Gasteiger partial charge in [-0.2, -0.15) is 0 Å². The Morgan fingerprint density at radius 2 is 1.89 bits per heavy atom. The highest BCUT2D eigenvalue weighted by molar-refractivity contribution is 5.76. The van der Waals surface area contributed by atoms with Crippen molar-refractivity contribution in [2.75, 3.05) is 20.1 Å². The summed E-state index contributed by atoms with van der Waals surface area (Å²) in [6, 6.07) is 0. The molecule has 0 unspecified atom stereocenters. The quantitative estimate of drug-likeness (QED) is 0.817. The molecule has 1 amide bonds. The molecule has 3 heteroatoms. The lowest BCUT2D eigenvalue weighted by atomic mass is 9.71. The van der Waals surface area contributed by atoms with Crippen molar-refractivity contribution in [2.24, 2.45) is 17.1 Å². The molecule has 18 heavy (non-hydrogen) atoms. The Hall–Kier alpha value is -0.570.